The van der Waals surface area contributed by atoms with E-state index in [4.69, 9.17) is 0 Å². The number of anilines is 1. The number of amides is 2. The van der Waals surface area contributed by atoms with E-state index >= 15 is 0 Å². The van der Waals surface area contributed by atoms with E-state index in [1.54, 1.807) is 0 Å². The Bertz CT molecular complexity index is 1180. The van der Waals surface area contributed by atoms with Crippen LogP contribution in [0.2, 0.25) is 0 Å². The number of hydrogen-bond acceptors (Lipinski definition) is 3. The van der Waals surface area contributed by atoms with Gasteiger partial charge in [-0.25, -0.2) is 0 Å². The van der Waals surface area contributed by atoms with Crippen LogP contribution >= 0.6 is 0 Å². The van der Waals surface area contributed by atoms with E-state index in [2.05, 4.69) is 48.2 Å². The molecule has 0 spiro atoms. The fourth-order valence-corrected chi connectivity index (χ4v) is 5.41. The molecule has 5 nitrogen and oxygen atoms in total. The molecule has 0 saturated carbocycles. The predicted molar refractivity (Wildman–Crippen MR) is 145 cm³/mol. The Kier molecular flexibility index (Phi) is 7.36. The summed E-state index contributed by atoms with van der Waals surface area (Å²) in [5, 5.41) is 0. The lowest BCUT2D eigenvalue weighted by Crippen LogP contribution is -2.48. The number of carbonyl (C=O) groups excluding carboxylic acids is 2. The van der Waals surface area contributed by atoms with Gasteiger partial charge in [-0.15, -0.1) is 0 Å². The van der Waals surface area contributed by atoms with E-state index in [9.17, 15) is 9.59 Å². The molecule has 3 aromatic rings. The van der Waals surface area contributed by atoms with Gasteiger partial charge in [-0.1, -0.05) is 49.4 Å². The van der Waals surface area contributed by atoms with Crippen LogP contribution < -0.4 is 4.90 Å². The third-order valence-corrected chi connectivity index (χ3v) is 7.61. The summed E-state index contributed by atoms with van der Waals surface area (Å²) in [6, 6.07) is 26.5. The van der Waals surface area contributed by atoms with Gasteiger partial charge in [0.2, 0.25) is 0 Å². The minimum Gasteiger partial charge on any atom is -0.368 e. The lowest BCUT2D eigenvalue weighted by Gasteiger charge is -2.36. The summed E-state index contributed by atoms with van der Waals surface area (Å²) < 4.78 is 0. The Morgan fingerprint density at radius 2 is 1.47 bits per heavy atom. The molecule has 2 fully saturated rings. The molecule has 0 N–H and O–H groups in total. The van der Waals surface area contributed by atoms with Gasteiger partial charge in [-0.05, 0) is 66.8 Å². The highest BCUT2D eigenvalue weighted by Gasteiger charge is 2.27. The van der Waals surface area contributed by atoms with Crippen LogP contribution in [-0.4, -0.2) is 60.9 Å². The minimum atomic E-state index is 0.101. The zero-order valence-corrected chi connectivity index (χ0v) is 21.1. The Hall–Kier alpha value is -3.60. The molecule has 2 aliphatic rings. The number of para-hydroxylation sites is 1. The van der Waals surface area contributed by atoms with Crippen molar-refractivity contribution in [2.45, 2.75) is 32.1 Å². The van der Waals surface area contributed by atoms with Crippen LogP contribution in [0.25, 0.3) is 0 Å². The van der Waals surface area contributed by atoms with E-state index in [1.165, 1.54) is 11.3 Å². The number of hydrogen-bond donors (Lipinski definition) is 0. The number of piperidine rings is 1. The van der Waals surface area contributed by atoms with Crippen LogP contribution in [0.4, 0.5) is 5.69 Å². The molecule has 36 heavy (non-hydrogen) atoms. The Morgan fingerprint density at radius 3 is 2.19 bits per heavy atom. The fourth-order valence-electron chi connectivity index (χ4n) is 5.41. The first-order valence-corrected chi connectivity index (χ1v) is 13.2. The van der Waals surface area contributed by atoms with Crippen molar-refractivity contribution in [1.82, 2.24) is 9.80 Å². The summed E-state index contributed by atoms with van der Waals surface area (Å²) in [4.78, 5) is 32.8. The minimum absolute atomic E-state index is 0.101. The van der Waals surface area contributed by atoms with Crippen LogP contribution in [0.15, 0.2) is 78.9 Å². The predicted octanol–water partition coefficient (Wildman–Crippen LogP) is 5.23. The van der Waals surface area contributed by atoms with Crippen molar-refractivity contribution in [2.24, 2.45) is 0 Å². The SMILES string of the molecule is CCc1ccc(C(=O)N2CCC[C@@H](c3cccc(C(=O)N4CCN(c5ccccc5)CC4)c3)C2)cc1. The highest BCUT2D eigenvalue weighted by Crippen LogP contribution is 2.29. The Morgan fingerprint density at radius 1 is 0.750 bits per heavy atom. The van der Waals surface area contributed by atoms with Crippen molar-refractivity contribution in [3.63, 3.8) is 0 Å². The van der Waals surface area contributed by atoms with Crippen molar-refractivity contribution in [3.8, 4) is 0 Å². The van der Waals surface area contributed by atoms with Gasteiger partial charge in [0.1, 0.15) is 0 Å². The quantitative estimate of drug-likeness (QED) is 0.501. The average Bonchev–Trinajstić information content (AvgIpc) is 2.97. The molecule has 5 rings (SSSR count). The summed E-state index contributed by atoms with van der Waals surface area (Å²) in [5.41, 5.74) is 5.11. The second-order valence-corrected chi connectivity index (χ2v) is 9.88. The number of carbonyl (C=O) groups is 2. The van der Waals surface area contributed by atoms with E-state index in [1.807, 2.05) is 52.3 Å². The largest absolute Gasteiger partial charge is 0.368 e. The molecule has 0 radical (unpaired) electrons. The Labute approximate surface area is 214 Å². The molecular formula is C31H35N3O2. The van der Waals surface area contributed by atoms with E-state index in [-0.39, 0.29) is 17.7 Å². The first kappa shape index (κ1) is 24.1. The zero-order chi connectivity index (χ0) is 24.9. The topological polar surface area (TPSA) is 43.9 Å². The molecule has 2 aliphatic heterocycles. The third kappa shape index (κ3) is 5.30. The number of likely N-dealkylation sites (tertiary alicyclic amines) is 1. The normalized spacial score (nSPS) is 18.2. The number of aryl methyl sites for hydroxylation is 1. The van der Waals surface area contributed by atoms with Gasteiger partial charge in [0.25, 0.3) is 11.8 Å². The second kappa shape index (κ2) is 11.0. The van der Waals surface area contributed by atoms with E-state index in [0.29, 0.717) is 6.54 Å². The highest BCUT2D eigenvalue weighted by molar-refractivity contribution is 5.95. The Balaban J connectivity index is 1.23. The van der Waals surface area contributed by atoms with Gasteiger partial charge in [-0.2, -0.15) is 0 Å². The number of nitrogens with zero attached hydrogens (tertiary/aromatic N) is 3. The molecule has 3 aromatic carbocycles. The summed E-state index contributed by atoms with van der Waals surface area (Å²) in [6.07, 6.45) is 2.98. The van der Waals surface area contributed by atoms with Gasteiger partial charge < -0.3 is 14.7 Å². The lowest BCUT2D eigenvalue weighted by atomic mass is 9.89. The summed E-state index contributed by atoms with van der Waals surface area (Å²) in [6.45, 7) is 6.73. The average molecular weight is 482 g/mol. The zero-order valence-electron chi connectivity index (χ0n) is 21.1. The van der Waals surface area contributed by atoms with Crippen LogP contribution in [-0.2, 0) is 6.42 Å². The first-order chi connectivity index (χ1) is 17.6. The number of benzene rings is 3. The molecular weight excluding hydrogens is 446 g/mol. The first-order valence-electron chi connectivity index (χ1n) is 13.2. The number of rotatable bonds is 5. The van der Waals surface area contributed by atoms with Crippen LogP contribution in [0, 0.1) is 0 Å². The van der Waals surface area contributed by atoms with E-state index < -0.39 is 0 Å². The number of piperazine rings is 1. The van der Waals surface area contributed by atoms with Crippen LogP contribution in [0.1, 0.15) is 57.5 Å². The van der Waals surface area contributed by atoms with Crippen molar-refractivity contribution in [1.29, 1.82) is 0 Å². The lowest BCUT2D eigenvalue weighted by molar-refractivity contribution is 0.0704. The van der Waals surface area contributed by atoms with Gasteiger partial charge in [0.15, 0.2) is 0 Å². The molecule has 0 aromatic heterocycles. The highest BCUT2D eigenvalue weighted by atomic mass is 16.2. The molecule has 186 valence electrons. The van der Waals surface area contributed by atoms with Crippen molar-refractivity contribution < 1.29 is 9.59 Å². The van der Waals surface area contributed by atoms with E-state index in [0.717, 1.165) is 68.7 Å². The van der Waals surface area contributed by atoms with Crippen LogP contribution in [0.5, 0.6) is 0 Å². The van der Waals surface area contributed by atoms with Gasteiger partial charge in [-0.3, -0.25) is 9.59 Å². The molecule has 1 atom stereocenters. The molecule has 5 heteroatoms. The molecule has 0 aliphatic carbocycles. The third-order valence-electron chi connectivity index (χ3n) is 7.61. The van der Waals surface area contributed by atoms with Gasteiger partial charge in [0.05, 0.1) is 0 Å². The van der Waals surface area contributed by atoms with Crippen molar-refractivity contribution in [2.75, 3.05) is 44.2 Å². The fraction of sp³-hybridized carbons (Fsp3) is 0.355. The van der Waals surface area contributed by atoms with Gasteiger partial charge >= 0.3 is 0 Å². The second-order valence-electron chi connectivity index (χ2n) is 9.88. The maximum Gasteiger partial charge on any atom is 0.253 e. The van der Waals surface area contributed by atoms with Crippen molar-refractivity contribution in [3.05, 3.63) is 101 Å². The standard InChI is InChI=1S/C31H35N3O2/c1-2-24-13-15-25(16-14-24)30(35)34-17-7-10-28(23-34)26-8-6-9-27(22-26)31(36)33-20-18-32(19-21-33)29-11-4-3-5-12-29/h3-6,8-9,11-16,22,28H,2,7,10,17-21,23H2,1H3/t28-/m1/s1. The molecule has 2 heterocycles. The molecule has 0 bridgehead atoms. The molecule has 2 amide bonds. The van der Waals surface area contributed by atoms with Crippen LogP contribution in [0.3, 0.4) is 0 Å². The maximum atomic E-state index is 13.3. The summed E-state index contributed by atoms with van der Waals surface area (Å²) in [7, 11) is 0. The molecule has 2 saturated heterocycles. The summed E-state index contributed by atoms with van der Waals surface area (Å²) >= 11 is 0. The molecule has 0 unspecified atom stereocenters. The summed E-state index contributed by atoms with van der Waals surface area (Å²) in [5.74, 6) is 0.454. The smallest absolute Gasteiger partial charge is 0.253 e. The van der Waals surface area contributed by atoms with Crippen molar-refractivity contribution >= 4 is 17.5 Å². The maximum absolute atomic E-state index is 13.3. The monoisotopic (exact) mass is 481 g/mol. The van der Waals surface area contributed by atoms with Gasteiger partial charge in [0, 0.05) is 62.0 Å².